The van der Waals surface area contributed by atoms with Gasteiger partial charge in [-0.05, 0) is 18.2 Å². The van der Waals surface area contributed by atoms with Gasteiger partial charge in [-0.3, -0.25) is 4.79 Å². The van der Waals surface area contributed by atoms with E-state index in [1.165, 1.54) is 18.4 Å². The summed E-state index contributed by atoms with van der Waals surface area (Å²) >= 11 is 0. The van der Waals surface area contributed by atoms with E-state index in [0.29, 0.717) is 11.3 Å². The Bertz CT molecular complexity index is 602. The minimum absolute atomic E-state index is 0.511. The van der Waals surface area contributed by atoms with Gasteiger partial charge in [0, 0.05) is 11.6 Å². The maximum Gasteiger partial charge on any atom is 0.332 e. The number of hydrogen-bond donors (Lipinski definition) is 1. The van der Waals surface area contributed by atoms with Crippen molar-refractivity contribution in [3.8, 4) is 0 Å². The third-order valence-electron chi connectivity index (χ3n) is 2.52. The van der Waals surface area contributed by atoms with Gasteiger partial charge < -0.3 is 14.9 Å². The molecule has 2 N–H and O–H groups in total. The highest BCUT2D eigenvalue weighted by atomic mass is 16.5. The van der Waals surface area contributed by atoms with Crippen molar-refractivity contribution in [2.75, 3.05) is 0 Å². The molecule has 1 amide bonds. The number of furan rings is 1. The largest absolute Gasteiger partial charge is 0.465 e. The second-order valence-electron chi connectivity index (χ2n) is 3.98. The van der Waals surface area contributed by atoms with Crippen LogP contribution in [-0.4, -0.2) is 11.9 Å². The SMILES string of the molecule is NC(=O)C(OC(=O)/C=C/c1ccco1)c1ccccc1. The van der Waals surface area contributed by atoms with Crippen molar-refractivity contribution in [1.29, 1.82) is 0 Å². The van der Waals surface area contributed by atoms with Crippen molar-refractivity contribution in [3.63, 3.8) is 0 Å². The van der Waals surface area contributed by atoms with Crippen LogP contribution in [-0.2, 0) is 14.3 Å². The summed E-state index contributed by atoms with van der Waals surface area (Å²) < 4.78 is 10.1. The average molecular weight is 271 g/mol. The van der Waals surface area contributed by atoms with E-state index in [4.69, 9.17) is 14.9 Å². The smallest absolute Gasteiger partial charge is 0.332 e. The van der Waals surface area contributed by atoms with Gasteiger partial charge in [-0.1, -0.05) is 30.3 Å². The van der Waals surface area contributed by atoms with Crippen LogP contribution in [0, 0.1) is 0 Å². The number of ether oxygens (including phenoxy) is 1. The fourth-order valence-corrected chi connectivity index (χ4v) is 1.61. The topological polar surface area (TPSA) is 82.5 Å². The van der Waals surface area contributed by atoms with Gasteiger partial charge in [0.05, 0.1) is 6.26 Å². The highest BCUT2D eigenvalue weighted by molar-refractivity contribution is 5.90. The van der Waals surface area contributed by atoms with E-state index >= 15 is 0 Å². The molecule has 0 fully saturated rings. The van der Waals surface area contributed by atoms with Gasteiger partial charge in [0.25, 0.3) is 5.91 Å². The first-order chi connectivity index (χ1) is 9.66. The number of carbonyl (C=O) groups excluding carboxylic acids is 2. The Balaban J connectivity index is 2.05. The second kappa shape index (κ2) is 6.38. The van der Waals surface area contributed by atoms with Crippen LogP contribution in [0.5, 0.6) is 0 Å². The molecule has 1 aromatic heterocycles. The summed E-state index contributed by atoms with van der Waals surface area (Å²) in [5, 5.41) is 0. The molecule has 102 valence electrons. The standard InChI is InChI=1S/C15H13NO4/c16-15(18)14(11-5-2-1-3-6-11)20-13(17)9-8-12-7-4-10-19-12/h1-10,14H,(H2,16,18)/b9-8+. The Morgan fingerprint density at radius 2 is 1.90 bits per heavy atom. The lowest BCUT2D eigenvalue weighted by Gasteiger charge is -2.13. The molecule has 2 rings (SSSR count). The zero-order chi connectivity index (χ0) is 14.4. The number of primary amides is 1. The van der Waals surface area contributed by atoms with E-state index in [-0.39, 0.29) is 0 Å². The van der Waals surface area contributed by atoms with Crippen LogP contribution in [0.4, 0.5) is 0 Å². The molecule has 0 saturated heterocycles. The van der Waals surface area contributed by atoms with E-state index < -0.39 is 18.0 Å². The van der Waals surface area contributed by atoms with Crippen LogP contribution < -0.4 is 5.73 Å². The summed E-state index contributed by atoms with van der Waals surface area (Å²) in [6.45, 7) is 0. The van der Waals surface area contributed by atoms with Gasteiger partial charge in [-0.15, -0.1) is 0 Å². The van der Waals surface area contributed by atoms with Gasteiger partial charge in [0.1, 0.15) is 5.76 Å². The van der Waals surface area contributed by atoms with E-state index in [1.807, 2.05) is 0 Å². The van der Waals surface area contributed by atoms with Crippen LogP contribution >= 0.6 is 0 Å². The predicted octanol–water partition coefficient (Wildman–Crippen LogP) is 2.06. The molecule has 1 aromatic carbocycles. The molecule has 20 heavy (non-hydrogen) atoms. The molecule has 0 spiro atoms. The number of rotatable bonds is 5. The predicted molar refractivity (Wildman–Crippen MR) is 72.2 cm³/mol. The molecular formula is C15H13NO4. The number of benzene rings is 1. The van der Waals surface area contributed by atoms with Crippen molar-refractivity contribution < 1.29 is 18.7 Å². The number of esters is 1. The molecule has 1 unspecified atom stereocenters. The minimum atomic E-state index is -1.11. The van der Waals surface area contributed by atoms with E-state index in [1.54, 1.807) is 42.5 Å². The zero-order valence-electron chi connectivity index (χ0n) is 10.6. The lowest BCUT2D eigenvalue weighted by atomic mass is 10.1. The minimum Gasteiger partial charge on any atom is -0.465 e. The second-order valence-corrected chi connectivity index (χ2v) is 3.98. The lowest BCUT2D eigenvalue weighted by Crippen LogP contribution is -2.25. The molecular weight excluding hydrogens is 258 g/mol. The summed E-state index contributed by atoms with van der Waals surface area (Å²) in [7, 11) is 0. The summed E-state index contributed by atoms with van der Waals surface area (Å²) in [5.41, 5.74) is 5.78. The Kier molecular flexibility index (Phi) is 4.34. The molecule has 0 saturated carbocycles. The molecule has 0 aliphatic heterocycles. The maximum absolute atomic E-state index is 11.7. The van der Waals surface area contributed by atoms with Crippen LogP contribution in [0.25, 0.3) is 6.08 Å². The maximum atomic E-state index is 11.7. The summed E-state index contributed by atoms with van der Waals surface area (Å²) in [6.07, 6.45) is 3.01. The zero-order valence-corrected chi connectivity index (χ0v) is 10.6. The number of amides is 1. The summed E-state index contributed by atoms with van der Waals surface area (Å²) in [6, 6.07) is 12.0. The Morgan fingerprint density at radius 1 is 1.15 bits per heavy atom. The third kappa shape index (κ3) is 3.58. The van der Waals surface area contributed by atoms with Crippen molar-refractivity contribution in [3.05, 3.63) is 66.1 Å². The molecule has 0 radical (unpaired) electrons. The van der Waals surface area contributed by atoms with Gasteiger partial charge in [0.15, 0.2) is 0 Å². The number of nitrogens with two attached hydrogens (primary N) is 1. The van der Waals surface area contributed by atoms with Crippen LogP contribution in [0.2, 0.25) is 0 Å². The van der Waals surface area contributed by atoms with Crippen molar-refractivity contribution in [2.45, 2.75) is 6.10 Å². The molecule has 1 heterocycles. The van der Waals surface area contributed by atoms with Crippen molar-refractivity contribution >= 4 is 18.0 Å². The molecule has 5 heteroatoms. The molecule has 0 aliphatic carbocycles. The summed E-state index contributed by atoms with van der Waals surface area (Å²) in [4.78, 5) is 23.0. The molecule has 0 aliphatic rings. The monoisotopic (exact) mass is 271 g/mol. The Morgan fingerprint density at radius 3 is 2.50 bits per heavy atom. The van der Waals surface area contributed by atoms with Crippen molar-refractivity contribution in [2.24, 2.45) is 5.73 Å². The highest BCUT2D eigenvalue weighted by Crippen LogP contribution is 2.17. The normalized spacial score (nSPS) is 12.2. The quantitative estimate of drug-likeness (QED) is 0.666. The molecule has 0 bridgehead atoms. The number of hydrogen-bond acceptors (Lipinski definition) is 4. The van der Waals surface area contributed by atoms with E-state index in [9.17, 15) is 9.59 Å². The van der Waals surface area contributed by atoms with Crippen molar-refractivity contribution in [1.82, 2.24) is 0 Å². The van der Waals surface area contributed by atoms with Crippen LogP contribution in [0.3, 0.4) is 0 Å². The fraction of sp³-hybridized carbons (Fsp3) is 0.0667. The fourth-order valence-electron chi connectivity index (χ4n) is 1.61. The summed E-state index contributed by atoms with van der Waals surface area (Å²) in [5.74, 6) is -0.887. The Hall–Kier alpha value is -2.82. The first-order valence-electron chi connectivity index (χ1n) is 5.93. The van der Waals surface area contributed by atoms with E-state index in [0.717, 1.165) is 0 Å². The lowest BCUT2D eigenvalue weighted by molar-refractivity contribution is -0.150. The Labute approximate surface area is 115 Å². The van der Waals surface area contributed by atoms with Gasteiger partial charge in [-0.2, -0.15) is 0 Å². The molecule has 5 nitrogen and oxygen atoms in total. The molecule has 1 atom stereocenters. The third-order valence-corrected chi connectivity index (χ3v) is 2.52. The van der Waals surface area contributed by atoms with Crippen LogP contribution in [0.15, 0.2) is 59.2 Å². The van der Waals surface area contributed by atoms with Crippen LogP contribution in [0.1, 0.15) is 17.4 Å². The van der Waals surface area contributed by atoms with Gasteiger partial charge >= 0.3 is 5.97 Å². The number of carbonyl (C=O) groups is 2. The average Bonchev–Trinajstić information content (AvgIpc) is 2.96. The highest BCUT2D eigenvalue weighted by Gasteiger charge is 2.21. The first-order valence-corrected chi connectivity index (χ1v) is 5.93. The van der Waals surface area contributed by atoms with Gasteiger partial charge in [0.2, 0.25) is 6.10 Å². The van der Waals surface area contributed by atoms with Gasteiger partial charge in [-0.25, -0.2) is 4.79 Å². The first kappa shape index (κ1) is 13.6. The molecule has 2 aromatic rings. The van der Waals surface area contributed by atoms with E-state index in [2.05, 4.69) is 0 Å².